The Kier molecular flexibility index (Phi) is 5.67. The Morgan fingerprint density at radius 2 is 1.97 bits per heavy atom. The normalized spacial score (nSPS) is 26.3. The number of hydrogen-bond donors (Lipinski definition) is 2. The van der Waals surface area contributed by atoms with E-state index in [-0.39, 0.29) is 42.4 Å². The average molecular weight is 500 g/mol. The fourth-order valence-corrected chi connectivity index (χ4v) is 6.36. The van der Waals surface area contributed by atoms with Crippen molar-refractivity contribution in [3.63, 3.8) is 0 Å². The van der Waals surface area contributed by atoms with E-state index in [1.165, 1.54) is 19.1 Å². The van der Waals surface area contributed by atoms with Gasteiger partial charge in [0.2, 0.25) is 0 Å². The third-order valence-corrected chi connectivity index (χ3v) is 8.68. The molecular formula is C21H20F4N4O4S. The van der Waals surface area contributed by atoms with Gasteiger partial charge in [-0.2, -0.15) is 13.2 Å². The smallest absolute Gasteiger partial charge is 0.386 e. The lowest BCUT2D eigenvalue weighted by molar-refractivity contribution is -0.137. The van der Waals surface area contributed by atoms with E-state index in [1.54, 1.807) is 0 Å². The lowest BCUT2D eigenvalue weighted by atomic mass is 9.92. The molecule has 1 amide bonds. The number of aliphatic imine (C=N–C) groups is 1. The second-order valence-electron chi connectivity index (χ2n) is 8.41. The number of pyridine rings is 1. The van der Waals surface area contributed by atoms with Gasteiger partial charge < -0.3 is 15.8 Å². The number of nitrogens with zero attached hydrogens (tertiary/aromatic N) is 2. The minimum absolute atomic E-state index is 0.0694. The molecule has 182 valence electrons. The number of ether oxygens (including phenoxy) is 1. The van der Waals surface area contributed by atoms with Crippen LogP contribution in [0.2, 0.25) is 0 Å². The van der Waals surface area contributed by atoms with Crippen LogP contribution in [-0.2, 0) is 26.3 Å². The van der Waals surface area contributed by atoms with Crippen LogP contribution in [0.25, 0.3) is 0 Å². The van der Waals surface area contributed by atoms with Crippen LogP contribution in [0.1, 0.15) is 35.0 Å². The molecule has 34 heavy (non-hydrogen) atoms. The van der Waals surface area contributed by atoms with Crippen molar-refractivity contribution in [2.45, 2.75) is 29.8 Å². The van der Waals surface area contributed by atoms with Gasteiger partial charge in [0.15, 0.2) is 14.6 Å². The number of sulfone groups is 1. The van der Waals surface area contributed by atoms with E-state index >= 15 is 0 Å². The summed E-state index contributed by atoms with van der Waals surface area (Å²) < 4.78 is 83.0. The SMILES string of the molecule is CC1(c2cc(NC(=O)c3ccc(C(F)(F)F)cn3)ccc2F)CS(=O)(=O)C2(CCOC2)C(N)=N1. The maximum atomic E-state index is 14.8. The van der Waals surface area contributed by atoms with Crippen LogP contribution in [0.4, 0.5) is 23.2 Å². The van der Waals surface area contributed by atoms with Crippen molar-refractivity contribution >= 4 is 27.3 Å². The van der Waals surface area contributed by atoms with Crippen LogP contribution < -0.4 is 11.1 Å². The standard InChI is InChI=1S/C21H20F4N4O4S/c1-19(11-34(31,32)20(18(26)29-19)6-7-33-10-20)14-8-13(3-4-15(14)22)28-17(30)16-5-2-12(9-27-16)21(23,24)25/h2-5,8-9H,6-7,10-11H2,1H3,(H2,26,29)(H,28,30). The van der Waals surface area contributed by atoms with Gasteiger partial charge in [-0.15, -0.1) is 0 Å². The first-order valence-corrected chi connectivity index (χ1v) is 11.7. The third-order valence-electron chi connectivity index (χ3n) is 6.01. The summed E-state index contributed by atoms with van der Waals surface area (Å²) in [6.07, 6.45) is -3.92. The van der Waals surface area contributed by atoms with E-state index in [0.29, 0.717) is 12.3 Å². The van der Waals surface area contributed by atoms with Gasteiger partial charge in [-0.1, -0.05) is 0 Å². The first-order valence-electron chi connectivity index (χ1n) is 10.1. The van der Waals surface area contributed by atoms with Crippen LogP contribution in [0.15, 0.2) is 41.5 Å². The van der Waals surface area contributed by atoms with E-state index in [4.69, 9.17) is 10.5 Å². The van der Waals surface area contributed by atoms with Gasteiger partial charge in [0.25, 0.3) is 5.91 Å². The predicted octanol–water partition coefficient (Wildman–Crippen LogP) is 2.65. The van der Waals surface area contributed by atoms with Crippen molar-refractivity contribution in [3.8, 4) is 0 Å². The Morgan fingerprint density at radius 3 is 2.53 bits per heavy atom. The zero-order valence-electron chi connectivity index (χ0n) is 17.8. The van der Waals surface area contributed by atoms with Gasteiger partial charge in [-0.3, -0.25) is 14.8 Å². The Morgan fingerprint density at radius 1 is 1.24 bits per heavy atom. The van der Waals surface area contributed by atoms with Crippen molar-refractivity contribution < 1.29 is 35.5 Å². The quantitative estimate of drug-likeness (QED) is 0.625. The molecule has 1 fully saturated rings. The zero-order valence-corrected chi connectivity index (χ0v) is 18.6. The molecule has 4 rings (SSSR count). The Balaban J connectivity index is 1.64. The Labute approximate surface area is 192 Å². The van der Waals surface area contributed by atoms with E-state index in [1.807, 2.05) is 0 Å². The summed E-state index contributed by atoms with van der Waals surface area (Å²) >= 11 is 0. The lowest BCUT2D eigenvalue weighted by Gasteiger charge is -2.39. The summed E-state index contributed by atoms with van der Waals surface area (Å²) in [6, 6.07) is 5.09. The lowest BCUT2D eigenvalue weighted by Crippen LogP contribution is -2.58. The molecule has 2 aliphatic rings. The van der Waals surface area contributed by atoms with Gasteiger partial charge in [0, 0.05) is 24.1 Å². The highest BCUT2D eigenvalue weighted by Crippen LogP contribution is 2.41. The maximum Gasteiger partial charge on any atom is 0.417 e. The molecule has 1 aromatic carbocycles. The number of amidine groups is 1. The number of rotatable bonds is 3. The molecule has 2 atom stereocenters. The molecule has 0 aliphatic carbocycles. The van der Waals surface area contributed by atoms with E-state index < -0.39 is 49.3 Å². The number of benzene rings is 1. The van der Waals surface area contributed by atoms with Crippen LogP contribution in [0.3, 0.4) is 0 Å². The largest absolute Gasteiger partial charge is 0.417 e. The molecule has 8 nitrogen and oxygen atoms in total. The number of hydrogen-bond acceptors (Lipinski definition) is 7. The molecule has 0 radical (unpaired) electrons. The summed E-state index contributed by atoms with van der Waals surface area (Å²) in [5.41, 5.74) is 3.13. The molecular weight excluding hydrogens is 480 g/mol. The monoisotopic (exact) mass is 500 g/mol. The van der Waals surface area contributed by atoms with E-state index in [2.05, 4.69) is 15.3 Å². The average Bonchev–Trinajstić information content (AvgIpc) is 3.25. The second kappa shape index (κ2) is 8.01. The van der Waals surface area contributed by atoms with Crippen LogP contribution in [-0.4, -0.2) is 48.9 Å². The predicted molar refractivity (Wildman–Crippen MR) is 115 cm³/mol. The van der Waals surface area contributed by atoms with E-state index in [0.717, 1.165) is 12.1 Å². The number of anilines is 1. The number of aromatic nitrogens is 1. The van der Waals surface area contributed by atoms with Gasteiger partial charge in [-0.05, 0) is 43.7 Å². The first kappa shape index (κ1) is 24.1. The van der Waals surface area contributed by atoms with Crippen molar-refractivity contribution in [2.75, 3.05) is 24.3 Å². The topological polar surface area (TPSA) is 124 Å². The number of nitrogens with one attached hydrogen (secondary N) is 1. The van der Waals surface area contributed by atoms with Crippen molar-refractivity contribution in [2.24, 2.45) is 10.7 Å². The van der Waals surface area contributed by atoms with Gasteiger partial charge >= 0.3 is 6.18 Å². The maximum absolute atomic E-state index is 14.8. The molecule has 0 bridgehead atoms. The summed E-state index contributed by atoms with van der Waals surface area (Å²) in [4.78, 5) is 20.3. The fourth-order valence-electron chi connectivity index (χ4n) is 4.11. The van der Waals surface area contributed by atoms with Gasteiger partial charge in [0.1, 0.15) is 22.9 Å². The van der Waals surface area contributed by atoms with Crippen LogP contribution >= 0.6 is 0 Å². The second-order valence-corrected chi connectivity index (χ2v) is 10.7. The van der Waals surface area contributed by atoms with Crippen LogP contribution in [0.5, 0.6) is 0 Å². The summed E-state index contributed by atoms with van der Waals surface area (Å²) in [7, 11) is -3.88. The highest BCUT2D eigenvalue weighted by atomic mass is 32.2. The first-order chi connectivity index (χ1) is 15.8. The minimum Gasteiger partial charge on any atom is -0.386 e. The fraction of sp³-hybridized carbons (Fsp3) is 0.381. The number of carbonyl (C=O) groups is 1. The molecule has 2 aliphatic heterocycles. The van der Waals surface area contributed by atoms with Crippen molar-refractivity contribution in [3.05, 3.63) is 59.2 Å². The van der Waals surface area contributed by atoms with Crippen LogP contribution in [0, 0.1) is 5.82 Å². The van der Waals surface area contributed by atoms with Crippen molar-refractivity contribution in [1.29, 1.82) is 0 Å². The van der Waals surface area contributed by atoms with Crippen molar-refractivity contribution in [1.82, 2.24) is 4.98 Å². The summed E-state index contributed by atoms with van der Waals surface area (Å²) in [5, 5.41) is 2.42. The Bertz CT molecular complexity index is 1270. The van der Waals surface area contributed by atoms with Gasteiger partial charge in [0.05, 0.1) is 17.9 Å². The molecule has 3 N–H and O–H groups in total. The highest BCUT2D eigenvalue weighted by molar-refractivity contribution is 7.93. The molecule has 3 heterocycles. The third kappa shape index (κ3) is 4.02. The number of amides is 1. The number of carbonyl (C=O) groups excluding carboxylic acids is 1. The summed E-state index contributed by atoms with van der Waals surface area (Å²) in [6.45, 7) is 1.50. The molecule has 2 unspecified atom stereocenters. The zero-order chi connectivity index (χ0) is 24.9. The molecule has 2 aromatic rings. The highest BCUT2D eigenvalue weighted by Gasteiger charge is 2.57. The number of nitrogens with two attached hydrogens (primary N) is 1. The number of halogens is 4. The molecule has 1 spiro atoms. The molecule has 13 heteroatoms. The van der Waals surface area contributed by atoms with Gasteiger partial charge in [-0.25, -0.2) is 12.8 Å². The summed E-state index contributed by atoms with van der Waals surface area (Å²) in [5.74, 6) is -2.29. The minimum atomic E-state index is -4.60. The van der Waals surface area contributed by atoms with E-state index in [9.17, 15) is 30.8 Å². The Hall–Kier alpha value is -3.06. The molecule has 1 aromatic heterocycles. The molecule has 1 saturated heterocycles. The number of alkyl halides is 3. The molecule has 0 saturated carbocycles.